The topological polar surface area (TPSA) is 64.1 Å². The Morgan fingerprint density at radius 3 is 3.00 bits per heavy atom. The molecule has 0 saturated carbocycles. The molecule has 12 heavy (non-hydrogen) atoms. The van der Waals surface area contributed by atoms with Gasteiger partial charge in [0.05, 0.1) is 23.3 Å². The minimum absolute atomic E-state index is 0.107. The first kappa shape index (κ1) is 9.70. The van der Waals surface area contributed by atoms with Gasteiger partial charge >= 0.3 is 0 Å². The number of aliphatic hydroxyl groups excluding tert-OH is 1. The Hall–Kier alpha value is -0.390. The maximum Gasteiger partial charge on any atom is 0.0779 e. The summed E-state index contributed by atoms with van der Waals surface area (Å²) >= 11 is 3.37. The van der Waals surface area contributed by atoms with Gasteiger partial charge in [-0.2, -0.15) is 5.10 Å². The van der Waals surface area contributed by atoms with Crippen molar-refractivity contribution in [3.8, 4) is 0 Å². The molecule has 0 aliphatic carbocycles. The normalized spacial score (nSPS) is 10.6. The summed E-state index contributed by atoms with van der Waals surface area (Å²) in [6.07, 6.45) is 2.61. The third-order valence-electron chi connectivity index (χ3n) is 1.50. The van der Waals surface area contributed by atoms with E-state index in [1.807, 2.05) is 6.20 Å². The second-order valence-electron chi connectivity index (χ2n) is 2.45. The SMILES string of the molecule is NCCc1nn(CCO)cc1Br. The zero-order valence-corrected chi connectivity index (χ0v) is 8.29. The van der Waals surface area contributed by atoms with Gasteiger partial charge in [-0.1, -0.05) is 0 Å². The number of nitrogens with two attached hydrogens (primary N) is 1. The quantitative estimate of drug-likeness (QED) is 0.778. The molecule has 0 radical (unpaired) electrons. The Balaban J connectivity index is 2.70. The van der Waals surface area contributed by atoms with Crippen LogP contribution in [-0.2, 0) is 13.0 Å². The van der Waals surface area contributed by atoms with Gasteiger partial charge in [0.25, 0.3) is 0 Å². The Morgan fingerprint density at radius 1 is 1.67 bits per heavy atom. The Kier molecular flexibility index (Phi) is 3.71. The van der Waals surface area contributed by atoms with Gasteiger partial charge in [0.1, 0.15) is 0 Å². The lowest BCUT2D eigenvalue weighted by molar-refractivity contribution is 0.269. The van der Waals surface area contributed by atoms with Crippen molar-refractivity contribution in [3.63, 3.8) is 0 Å². The molecular weight excluding hydrogens is 222 g/mol. The minimum atomic E-state index is 0.107. The molecule has 1 heterocycles. The molecule has 0 aliphatic rings. The van der Waals surface area contributed by atoms with Crippen LogP contribution in [0.2, 0.25) is 0 Å². The third kappa shape index (κ3) is 2.30. The highest BCUT2D eigenvalue weighted by atomic mass is 79.9. The van der Waals surface area contributed by atoms with E-state index < -0.39 is 0 Å². The predicted octanol–water partition coefficient (Wildman–Crippen LogP) is 0.139. The smallest absolute Gasteiger partial charge is 0.0779 e. The molecular formula is C7H12BrN3O. The highest BCUT2D eigenvalue weighted by Gasteiger charge is 2.04. The summed E-state index contributed by atoms with van der Waals surface area (Å²) < 4.78 is 2.66. The van der Waals surface area contributed by atoms with E-state index in [1.165, 1.54) is 0 Å². The van der Waals surface area contributed by atoms with Gasteiger partial charge < -0.3 is 10.8 Å². The van der Waals surface area contributed by atoms with E-state index in [0.717, 1.165) is 16.6 Å². The molecule has 0 aromatic carbocycles. The zero-order valence-electron chi connectivity index (χ0n) is 6.70. The molecule has 1 rings (SSSR count). The van der Waals surface area contributed by atoms with Crippen molar-refractivity contribution in [3.05, 3.63) is 16.4 Å². The highest BCUT2D eigenvalue weighted by Crippen LogP contribution is 2.14. The lowest BCUT2D eigenvalue weighted by Gasteiger charge is -1.94. The van der Waals surface area contributed by atoms with Crippen LogP contribution in [-0.4, -0.2) is 28.0 Å². The Labute approximate surface area is 79.5 Å². The number of nitrogens with zero attached hydrogens (tertiary/aromatic N) is 2. The van der Waals surface area contributed by atoms with Crippen LogP contribution in [0.3, 0.4) is 0 Å². The predicted molar refractivity (Wildman–Crippen MR) is 49.8 cm³/mol. The summed E-state index contributed by atoms with van der Waals surface area (Å²) in [5.74, 6) is 0. The van der Waals surface area contributed by atoms with Crippen molar-refractivity contribution < 1.29 is 5.11 Å². The number of aromatic nitrogens is 2. The molecule has 1 aromatic rings. The van der Waals surface area contributed by atoms with Gasteiger partial charge in [-0.15, -0.1) is 0 Å². The van der Waals surface area contributed by atoms with Gasteiger partial charge in [-0.25, -0.2) is 0 Å². The van der Waals surface area contributed by atoms with Gasteiger partial charge in [0.15, 0.2) is 0 Å². The summed E-state index contributed by atoms with van der Waals surface area (Å²) in [5.41, 5.74) is 6.34. The molecule has 4 nitrogen and oxygen atoms in total. The number of rotatable bonds is 4. The van der Waals surface area contributed by atoms with Gasteiger partial charge in [-0.05, 0) is 22.5 Å². The molecule has 0 bridgehead atoms. The van der Waals surface area contributed by atoms with Crippen LogP contribution in [0.15, 0.2) is 10.7 Å². The van der Waals surface area contributed by atoms with Crippen LogP contribution >= 0.6 is 15.9 Å². The van der Waals surface area contributed by atoms with Crippen LogP contribution in [0.1, 0.15) is 5.69 Å². The van der Waals surface area contributed by atoms with Crippen molar-refractivity contribution in [2.45, 2.75) is 13.0 Å². The van der Waals surface area contributed by atoms with Crippen LogP contribution in [0, 0.1) is 0 Å². The molecule has 5 heteroatoms. The largest absolute Gasteiger partial charge is 0.394 e. The Morgan fingerprint density at radius 2 is 2.42 bits per heavy atom. The van der Waals surface area contributed by atoms with Gasteiger partial charge in [0, 0.05) is 12.6 Å². The van der Waals surface area contributed by atoms with E-state index in [2.05, 4.69) is 21.0 Å². The molecule has 3 N–H and O–H groups in total. The van der Waals surface area contributed by atoms with E-state index in [-0.39, 0.29) is 6.61 Å². The van der Waals surface area contributed by atoms with Crippen molar-refractivity contribution in [1.29, 1.82) is 0 Å². The first-order chi connectivity index (χ1) is 5.77. The molecule has 0 amide bonds. The maximum absolute atomic E-state index is 8.65. The molecule has 0 spiro atoms. The fourth-order valence-electron chi connectivity index (χ4n) is 0.960. The maximum atomic E-state index is 8.65. The van der Waals surface area contributed by atoms with Gasteiger partial charge in [0.2, 0.25) is 0 Å². The lowest BCUT2D eigenvalue weighted by atomic mass is 10.3. The number of hydrogen-bond donors (Lipinski definition) is 2. The highest BCUT2D eigenvalue weighted by molar-refractivity contribution is 9.10. The van der Waals surface area contributed by atoms with E-state index in [4.69, 9.17) is 10.8 Å². The second kappa shape index (κ2) is 4.59. The summed E-state index contributed by atoms with van der Waals surface area (Å²) in [4.78, 5) is 0. The first-order valence-corrected chi connectivity index (χ1v) is 4.60. The van der Waals surface area contributed by atoms with Crippen LogP contribution in [0.4, 0.5) is 0 Å². The molecule has 0 unspecified atom stereocenters. The lowest BCUT2D eigenvalue weighted by Crippen LogP contribution is -2.06. The third-order valence-corrected chi connectivity index (χ3v) is 2.16. The Bertz CT molecular complexity index is 249. The number of halogens is 1. The van der Waals surface area contributed by atoms with E-state index >= 15 is 0 Å². The summed E-state index contributed by atoms with van der Waals surface area (Å²) in [7, 11) is 0. The van der Waals surface area contributed by atoms with Crippen molar-refractivity contribution in [2.75, 3.05) is 13.2 Å². The standard InChI is InChI=1S/C7H12BrN3O/c8-6-5-11(3-4-12)10-7(6)1-2-9/h5,12H,1-4,9H2. The zero-order chi connectivity index (χ0) is 8.97. The fraction of sp³-hybridized carbons (Fsp3) is 0.571. The summed E-state index contributed by atoms with van der Waals surface area (Å²) in [6, 6.07) is 0. The number of aliphatic hydroxyl groups is 1. The first-order valence-electron chi connectivity index (χ1n) is 3.80. The minimum Gasteiger partial charge on any atom is -0.394 e. The molecule has 0 atom stereocenters. The van der Waals surface area contributed by atoms with E-state index in [1.54, 1.807) is 4.68 Å². The molecule has 0 fully saturated rings. The average Bonchev–Trinajstić information content (AvgIpc) is 2.34. The fourth-order valence-corrected chi connectivity index (χ4v) is 1.47. The van der Waals surface area contributed by atoms with Crippen LogP contribution in [0.5, 0.6) is 0 Å². The molecule has 0 aliphatic heterocycles. The van der Waals surface area contributed by atoms with Crippen LogP contribution in [0.25, 0.3) is 0 Å². The number of hydrogen-bond acceptors (Lipinski definition) is 3. The van der Waals surface area contributed by atoms with Crippen molar-refractivity contribution in [1.82, 2.24) is 9.78 Å². The monoisotopic (exact) mass is 233 g/mol. The summed E-state index contributed by atoms with van der Waals surface area (Å²) in [6.45, 7) is 1.23. The summed E-state index contributed by atoms with van der Waals surface area (Å²) in [5, 5.41) is 12.9. The van der Waals surface area contributed by atoms with E-state index in [9.17, 15) is 0 Å². The molecule has 0 saturated heterocycles. The average molecular weight is 234 g/mol. The molecule has 1 aromatic heterocycles. The second-order valence-corrected chi connectivity index (χ2v) is 3.30. The molecule has 68 valence electrons. The van der Waals surface area contributed by atoms with Crippen molar-refractivity contribution >= 4 is 15.9 Å². The van der Waals surface area contributed by atoms with Crippen molar-refractivity contribution in [2.24, 2.45) is 5.73 Å². The van der Waals surface area contributed by atoms with E-state index in [0.29, 0.717) is 13.1 Å². The van der Waals surface area contributed by atoms with Gasteiger partial charge in [-0.3, -0.25) is 4.68 Å². The van der Waals surface area contributed by atoms with Crippen LogP contribution < -0.4 is 5.73 Å².